The maximum Gasteiger partial charge on any atom is 0.406 e. The Morgan fingerprint density at radius 3 is 2.85 bits per heavy atom. The minimum atomic E-state index is -0.582. The molecule has 0 saturated heterocycles. The molecule has 104 valence electrons. The Labute approximate surface area is 125 Å². The number of rotatable bonds is 5. The zero-order valence-corrected chi connectivity index (χ0v) is 11.8. The highest BCUT2D eigenvalue weighted by molar-refractivity contribution is 6.33. The fraction of sp³-hybridized carbons (Fsp3) is 0.154. The lowest BCUT2D eigenvalue weighted by Crippen LogP contribution is -2.04. The van der Waals surface area contributed by atoms with E-state index in [4.69, 9.17) is 27.9 Å². The fourth-order valence-corrected chi connectivity index (χ4v) is 2.04. The molecule has 2 aromatic rings. The van der Waals surface area contributed by atoms with Gasteiger partial charge in [0.15, 0.2) is 0 Å². The van der Waals surface area contributed by atoms with Gasteiger partial charge < -0.3 is 14.9 Å². The maximum absolute atomic E-state index is 10.8. The summed E-state index contributed by atoms with van der Waals surface area (Å²) >= 11 is 11.9. The van der Waals surface area contributed by atoms with Gasteiger partial charge >= 0.3 is 5.82 Å². The first-order chi connectivity index (χ1) is 9.58. The summed E-state index contributed by atoms with van der Waals surface area (Å²) in [5.41, 5.74) is 0.825. The summed E-state index contributed by atoms with van der Waals surface area (Å²) < 4.78 is 5.39. The molecular formula is C13H10Cl2N2O3. The lowest BCUT2D eigenvalue weighted by molar-refractivity contribution is -0.390. The molecule has 0 saturated carbocycles. The number of halogens is 2. The zero-order valence-electron chi connectivity index (χ0n) is 10.3. The molecule has 1 aromatic heterocycles. The van der Waals surface area contributed by atoms with E-state index >= 15 is 0 Å². The van der Waals surface area contributed by atoms with E-state index in [2.05, 4.69) is 4.98 Å². The van der Waals surface area contributed by atoms with E-state index in [9.17, 15) is 10.1 Å². The zero-order chi connectivity index (χ0) is 14.5. The molecule has 2 rings (SSSR count). The molecule has 1 aromatic carbocycles. The predicted molar refractivity (Wildman–Crippen MR) is 76.6 cm³/mol. The Hall–Kier alpha value is -1.85. The van der Waals surface area contributed by atoms with Crippen molar-refractivity contribution in [3.05, 3.63) is 62.3 Å². The molecule has 0 aliphatic rings. The number of hydrogen-bond acceptors (Lipinski definition) is 4. The summed E-state index contributed by atoms with van der Waals surface area (Å²) in [7, 11) is 0. The van der Waals surface area contributed by atoms with Crippen LogP contribution in [0.15, 0.2) is 36.5 Å². The van der Waals surface area contributed by atoms with E-state index in [1.54, 1.807) is 24.3 Å². The molecule has 0 atom stereocenters. The van der Waals surface area contributed by atoms with Crippen molar-refractivity contribution < 1.29 is 9.66 Å². The predicted octanol–water partition coefficient (Wildman–Crippen LogP) is 3.92. The third-order valence-electron chi connectivity index (χ3n) is 2.56. The van der Waals surface area contributed by atoms with Gasteiger partial charge in [0, 0.05) is 16.5 Å². The van der Waals surface area contributed by atoms with Crippen LogP contribution in [0, 0.1) is 10.1 Å². The average Bonchev–Trinajstić information content (AvgIpc) is 2.43. The summed E-state index contributed by atoms with van der Waals surface area (Å²) in [6.07, 6.45) is 1.84. The minimum Gasteiger partial charge on any atom is -0.485 e. The Balaban J connectivity index is 2.03. The van der Waals surface area contributed by atoms with Crippen LogP contribution in [0.5, 0.6) is 5.75 Å². The number of benzene rings is 1. The first-order valence-corrected chi connectivity index (χ1v) is 6.49. The molecule has 7 heteroatoms. The smallest absolute Gasteiger partial charge is 0.406 e. The van der Waals surface area contributed by atoms with Crippen molar-refractivity contribution in [2.24, 2.45) is 0 Å². The van der Waals surface area contributed by atoms with Crippen LogP contribution in [0.2, 0.25) is 10.0 Å². The lowest BCUT2D eigenvalue weighted by Gasteiger charge is -2.07. The number of hydrogen-bond donors (Lipinski definition) is 0. The average molecular weight is 313 g/mol. The molecular weight excluding hydrogens is 303 g/mol. The third-order valence-corrected chi connectivity index (χ3v) is 3.16. The SMILES string of the molecule is O=[N+]([O-])c1ncccc1OCCc1cc(Cl)ccc1Cl. The van der Waals surface area contributed by atoms with Crippen molar-refractivity contribution >= 4 is 29.0 Å². The van der Waals surface area contributed by atoms with Crippen LogP contribution < -0.4 is 4.74 Å². The van der Waals surface area contributed by atoms with Crippen molar-refractivity contribution in [2.45, 2.75) is 6.42 Å². The monoisotopic (exact) mass is 312 g/mol. The van der Waals surface area contributed by atoms with Gasteiger partial charge in [-0.25, -0.2) is 0 Å². The second-order valence-electron chi connectivity index (χ2n) is 3.92. The van der Waals surface area contributed by atoms with Crippen molar-refractivity contribution in [1.82, 2.24) is 4.98 Å². The normalized spacial score (nSPS) is 10.3. The quantitative estimate of drug-likeness (QED) is 0.620. The largest absolute Gasteiger partial charge is 0.485 e. The second kappa shape index (κ2) is 6.54. The van der Waals surface area contributed by atoms with Crippen LogP contribution in [-0.2, 0) is 6.42 Å². The van der Waals surface area contributed by atoms with Crippen molar-refractivity contribution in [2.75, 3.05) is 6.61 Å². The van der Waals surface area contributed by atoms with Gasteiger partial charge in [0.05, 0.1) is 6.61 Å². The summed E-state index contributed by atoms with van der Waals surface area (Å²) in [6, 6.07) is 8.22. The number of nitrogens with zero attached hydrogens (tertiary/aromatic N) is 2. The first kappa shape index (κ1) is 14.6. The minimum absolute atomic E-state index is 0.135. The van der Waals surface area contributed by atoms with Crippen LogP contribution >= 0.6 is 23.2 Å². The van der Waals surface area contributed by atoms with Crippen molar-refractivity contribution in [3.63, 3.8) is 0 Å². The van der Waals surface area contributed by atoms with Crippen LogP contribution in [0.3, 0.4) is 0 Å². The van der Waals surface area contributed by atoms with Gasteiger partial charge in [0.2, 0.25) is 5.75 Å². The number of nitro groups is 1. The van der Waals surface area contributed by atoms with Gasteiger partial charge in [0.25, 0.3) is 0 Å². The highest BCUT2D eigenvalue weighted by Gasteiger charge is 2.15. The molecule has 1 heterocycles. The van der Waals surface area contributed by atoms with E-state index in [-0.39, 0.29) is 18.2 Å². The van der Waals surface area contributed by atoms with Gasteiger partial charge in [-0.2, -0.15) is 0 Å². The molecule has 0 bridgehead atoms. The van der Waals surface area contributed by atoms with Gasteiger partial charge in [-0.3, -0.25) is 0 Å². The maximum atomic E-state index is 10.8. The molecule has 0 amide bonds. The summed E-state index contributed by atoms with van der Waals surface area (Å²) in [6.45, 7) is 0.243. The molecule has 0 spiro atoms. The summed E-state index contributed by atoms with van der Waals surface area (Å²) in [4.78, 5) is 13.9. The molecule has 0 radical (unpaired) electrons. The lowest BCUT2D eigenvalue weighted by atomic mass is 10.1. The van der Waals surface area contributed by atoms with Crippen LogP contribution in [0.25, 0.3) is 0 Å². The molecule has 0 unspecified atom stereocenters. The van der Waals surface area contributed by atoms with Crippen LogP contribution in [-0.4, -0.2) is 16.5 Å². The molecule has 5 nitrogen and oxygen atoms in total. The van der Waals surface area contributed by atoms with E-state index in [1.165, 1.54) is 12.3 Å². The van der Waals surface area contributed by atoms with Crippen LogP contribution in [0.1, 0.15) is 5.56 Å². The summed E-state index contributed by atoms with van der Waals surface area (Å²) in [5.74, 6) is -0.166. The van der Waals surface area contributed by atoms with Gasteiger partial charge in [-0.15, -0.1) is 0 Å². The highest BCUT2D eigenvalue weighted by atomic mass is 35.5. The fourth-order valence-electron chi connectivity index (χ4n) is 1.64. The first-order valence-electron chi connectivity index (χ1n) is 5.74. The van der Waals surface area contributed by atoms with E-state index in [1.807, 2.05) is 0 Å². The van der Waals surface area contributed by atoms with Gasteiger partial charge in [-0.1, -0.05) is 23.2 Å². The Morgan fingerprint density at radius 2 is 2.10 bits per heavy atom. The topological polar surface area (TPSA) is 65.3 Å². The Kier molecular flexibility index (Phi) is 4.76. The molecule has 0 aliphatic carbocycles. The Bertz CT molecular complexity index is 635. The molecule has 0 fully saturated rings. The van der Waals surface area contributed by atoms with Gasteiger partial charge in [-0.05, 0) is 45.8 Å². The molecule has 0 aliphatic heterocycles. The number of aromatic nitrogens is 1. The van der Waals surface area contributed by atoms with Crippen molar-refractivity contribution in [1.29, 1.82) is 0 Å². The third kappa shape index (κ3) is 3.59. The Morgan fingerprint density at radius 1 is 1.30 bits per heavy atom. The van der Waals surface area contributed by atoms with Crippen LogP contribution in [0.4, 0.5) is 5.82 Å². The highest BCUT2D eigenvalue weighted by Crippen LogP contribution is 2.24. The van der Waals surface area contributed by atoms with E-state index in [0.29, 0.717) is 16.5 Å². The van der Waals surface area contributed by atoms with Crippen molar-refractivity contribution in [3.8, 4) is 5.75 Å². The molecule has 0 N–H and O–H groups in total. The van der Waals surface area contributed by atoms with E-state index in [0.717, 1.165) is 5.56 Å². The van der Waals surface area contributed by atoms with E-state index < -0.39 is 4.92 Å². The standard InChI is InChI=1S/C13H10Cl2N2O3/c14-10-3-4-11(15)9(8-10)5-7-20-12-2-1-6-16-13(12)17(18)19/h1-4,6,8H,5,7H2. The number of pyridine rings is 1. The van der Waals surface area contributed by atoms with Gasteiger partial charge in [0.1, 0.15) is 6.20 Å². The second-order valence-corrected chi connectivity index (χ2v) is 4.76. The number of ether oxygens (including phenoxy) is 1. The summed E-state index contributed by atoms with van der Waals surface area (Å²) in [5, 5.41) is 11.9. The molecule has 20 heavy (non-hydrogen) atoms.